The van der Waals surface area contributed by atoms with Gasteiger partial charge in [0.2, 0.25) is 0 Å². The van der Waals surface area contributed by atoms with E-state index in [9.17, 15) is 26.3 Å². The fourth-order valence-electron chi connectivity index (χ4n) is 2.23. The Hall–Kier alpha value is -0.240. The van der Waals surface area contributed by atoms with E-state index in [-0.39, 0.29) is 11.1 Å². The van der Waals surface area contributed by atoms with Crippen LogP contribution in [-0.2, 0) is 12.8 Å². The highest BCUT2D eigenvalue weighted by atomic mass is 79.9. The van der Waals surface area contributed by atoms with Crippen LogP contribution in [0.1, 0.15) is 11.1 Å². The number of hydrogen-bond acceptors (Lipinski definition) is 0. The Morgan fingerprint density at radius 3 is 1.37 bits per heavy atom. The highest BCUT2D eigenvalue weighted by Crippen LogP contribution is 2.58. The van der Waals surface area contributed by atoms with Crippen LogP contribution in [0.4, 0.5) is 26.3 Å². The van der Waals surface area contributed by atoms with Crippen LogP contribution < -0.4 is 0 Å². The SMILES string of the molecule is FC(F)(F)C1(C(F)(F)F)Cc2cc(Br)c(Br)cc2C1. The first-order valence-electron chi connectivity index (χ1n) is 5.08. The van der Waals surface area contributed by atoms with Crippen molar-refractivity contribution in [2.24, 2.45) is 5.41 Å². The molecule has 1 aromatic carbocycles. The van der Waals surface area contributed by atoms with Crippen molar-refractivity contribution in [2.45, 2.75) is 25.2 Å². The Morgan fingerprint density at radius 1 is 0.789 bits per heavy atom. The van der Waals surface area contributed by atoms with Crippen molar-refractivity contribution in [2.75, 3.05) is 0 Å². The number of alkyl halides is 6. The van der Waals surface area contributed by atoms with Crippen LogP contribution in [0.15, 0.2) is 21.1 Å². The van der Waals surface area contributed by atoms with Gasteiger partial charge < -0.3 is 0 Å². The summed E-state index contributed by atoms with van der Waals surface area (Å²) in [7, 11) is 0. The highest BCUT2D eigenvalue weighted by Gasteiger charge is 2.71. The van der Waals surface area contributed by atoms with E-state index in [1.807, 2.05) is 0 Å². The monoisotopic (exact) mass is 410 g/mol. The summed E-state index contributed by atoms with van der Waals surface area (Å²) in [6.45, 7) is 0. The van der Waals surface area contributed by atoms with Crippen molar-refractivity contribution < 1.29 is 26.3 Å². The molecule has 106 valence electrons. The third kappa shape index (κ3) is 2.30. The zero-order valence-corrected chi connectivity index (χ0v) is 12.3. The number of benzene rings is 1. The third-order valence-corrected chi connectivity index (χ3v) is 5.16. The normalized spacial score (nSPS) is 18.5. The number of rotatable bonds is 0. The molecule has 1 aromatic rings. The molecule has 0 aromatic heterocycles. The van der Waals surface area contributed by atoms with Crippen molar-refractivity contribution in [3.8, 4) is 0 Å². The summed E-state index contributed by atoms with van der Waals surface area (Å²) in [5.41, 5.74) is -3.53. The topological polar surface area (TPSA) is 0 Å². The Labute approximate surface area is 121 Å². The van der Waals surface area contributed by atoms with Crippen LogP contribution in [0.5, 0.6) is 0 Å². The predicted octanol–water partition coefficient (Wildman–Crippen LogP) is 5.42. The molecule has 0 aliphatic heterocycles. The summed E-state index contributed by atoms with van der Waals surface area (Å²) < 4.78 is 78.5. The first-order chi connectivity index (χ1) is 8.48. The van der Waals surface area contributed by atoms with Crippen LogP contribution in [0.2, 0.25) is 0 Å². The van der Waals surface area contributed by atoms with Crippen LogP contribution in [0.3, 0.4) is 0 Å². The Bertz CT molecular complexity index is 470. The molecule has 0 N–H and O–H groups in total. The predicted molar refractivity (Wildman–Crippen MR) is 63.8 cm³/mol. The van der Waals surface area contributed by atoms with Gasteiger partial charge in [-0.05, 0) is 68.0 Å². The van der Waals surface area contributed by atoms with Gasteiger partial charge in [-0.15, -0.1) is 0 Å². The quantitative estimate of drug-likeness (QED) is 0.500. The molecule has 0 atom stereocenters. The maximum atomic E-state index is 12.9. The van der Waals surface area contributed by atoms with Gasteiger partial charge in [-0.3, -0.25) is 0 Å². The Kier molecular flexibility index (Phi) is 3.49. The molecule has 19 heavy (non-hydrogen) atoms. The second-order valence-corrected chi connectivity index (χ2v) is 6.17. The van der Waals surface area contributed by atoms with Gasteiger partial charge in [0.05, 0.1) is 0 Å². The van der Waals surface area contributed by atoms with Crippen molar-refractivity contribution in [1.29, 1.82) is 0 Å². The molecule has 0 radical (unpaired) electrons. The van der Waals surface area contributed by atoms with E-state index < -0.39 is 30.6 Å². The molecule has 0 amide bonds. The molecule has 0 saturated carbocycles. The minimum absolute atomic E-state index is 0.0738. The van der Waals surface area contributed by atoms with E-state index in [0.717, 1.165) is 0 Å². The molecule has 8 heteroatoms. The van der Waals surface area contributed by atoms with Gasteiger partial charge >= 0.3 is 12.4 Å². The van der Waals surface area contributed by atoms with E-state index in [0.29, 0.717) is 8.95 Å². The fraction of sp³-hybridized carbons (Fsp3) is 0.455. The van der Waals surface area contributed by atoms with Gasteiger partial charge in [-0.2, -0.15) is 26.3 Å². The second-order valence-electron chi connectivity index (χ2n) is 4.47. The molecule has 0 bridgehead atoms. The molecule has 0 saturated heterocycles. The van der Waals surface area contributed by atoms with Crippen LogP contribution in [0, 0.1) is 5.41 Å². The smallest absolute Gasteiger partial charge is 0.170 e. The third-order valence-electron chi connectivity index (χ3n) is 3.31. The van der Waals surface area contributed by atoms with Crippen LogP contribution in [-0.4, -0.2) is 12.4 Å². The van der Waals surface area contributed by atoms with E-state index >= 15 is 0 Å². The number of fused-ring (bicyclic) bond motifs is 1. The molecule has 0 heterocycles. The van der Waals surface area contributed by atoms with Crippen LogP contribution in [0.25, 0.3) is 0 Å². The number of hydrogen-bond donors (Lipinski definition) is 0. The summed E-state index contributed by atoms with van der Waals surface area (Å²) >= 11 is 6.16. The van der Waals surface area contributed by atoms with E-state index in [1.165, 1.54) is 12.1 Å². The zero-order chi connectivity index (χ0) is 14.6. The molecular weight excluding hydrogens is 406 g/mol. The summed E-state index contributed by atoms with van der Waals surface area (Å²) in [4.78, 5) is 0. The minimum atomic E-state index is -5.33. The standard InChI is InChI=1S/C11H6Br2F6/c12-7-1-5-3-9(10(14,15)16,11(17,18)19)4-6(5)2-8(7)13/h1-2H,3-4H2. The lowest BCUT2D eigenvalue weighted by Crippen LogP contribution is -2.50. The average molecular weight is 412 g/mol. The van der Waals surface area contributed by atoms with E-state index in [2.05, 4.69) is 31.9 Å². The van der Waals surface area contributed by atoms with Crippen LogP contribution >= 0.6 is 31.9 Å². The lowest BCUT2D eigenvalue weighted by Gasteiger charge is -2.33. The second kappa shape index (κ2) is 4.38. The average Bonchev–Trinajstić information content (AvgIpc) is 2.56. The molecule has 0 fully saturated rings. The maximum Gasteiger partial charge on any atom is 0.403 e. The van der Waals surface area contributed by atoms with Crippen molar-refractivity contribution in [1.82, 2.24) is 0 Å². The van der Waals surface area contributed by atoms with Gasteiger partial charge in [0.1, 0.15) is 0 Å². The summed E-state index contributed by atoms with van der Waals surface area (Å²) in [5, 5.41) is 0. The lowest BCUT2D eigenvalue weighted by molar-refractivity contribution is -0.337. The maximum absolute atomic E-state index is 12.9. The Morgan fingerprint density at radius 2 is 1.11 bits per heavy atom. The molecule has 0 spiro atoms. The molecule has 0 unspecified atom stereocenters. The molecule has 2 rings (SSSR count). The fourth-order valence-corrected chi connectivity index (χ4v) is 3.01. The zero-order valence-electron chi connectivity index (χ0n) is 9.09. The summed E-state index contributed by atoms with van der Waals surface area (Å²) in [6, 6.07) is 2.61. The molecule has 1 aliphatic rings. The highest BCUT2D eigenvalue weighted by molar-refractivity contribution is 9.13. The van der Waals surface area contributed by atoms with Gasteiger partial charge in [-0.25, -0.2) is 0 Å². The first-order valence-corrected chi connectivity index (χ1v) is 6.67. The Balaban J connectivity index is 2.55. The van der Waals surface area contributed by atoms with Crippen molar-refractivity contribution >= 4 is 31.9 Å². The van der Waals surface area contributed by atoms with Gasteiger partial charge in [0.25, 0.3) is 0 Å². The van der Waals surface area contributed by atoms with Crippen molar-refractivity contribution in [3.63, 3.8) is 0 Å². The number of halogens is 8. The minimum Gasteiger partial charge on any atom is -0.170 e. The lowest BCUT2D eigenvalue weighted by atomic mass is 9.83. The van der Waals surface area contributed by atoms with Gasteiger partial charge in [0.15, 0.2) is 5.41 Å². The van der Waals surface area contributed by atoms with Gasteiger partial charge in [0, 0.05) is 8.95 Å². The van der Waals surface area contributed by atoms with E-state index in [1.54, 1.807) is 0 Å². The van der Waals surface area contributed by atoms with Gasteiger partial charge in [-0.1, -0.05) is 0 Å². The summed E-state index contributed by atoms with van der Waals surface area (Å²) in [5.74, 6) is 0. The van der Waals surface area contributed by atoms with Crippen molar-refractivity contribution in [3.05, 3.63) is 32.2 Å². The van der Waals surface area contributed by atoms with E-state index in [4.69, 9.17) is 0 Å². The molecule has 1 aliphatic carbocycles. The molecular formula is C11H6Br2F6. The summed E-state index contributed by atoms with van der Waals surface area (Å²) in [6.07, 6.45) is -12.8. The largest absolute Gasteiger partial charge is 0.403 e. The first kappa shape index (κ1) is 15.2. The molecule has 0 nitrogen and oxygen atoms in total.